The number of hydrogen-bond donors (Lipinski definition) is 1. The van der Waals surface area contributed by atoms with Gasteiger partial charge in [0.25, 0.3) is 23.6 Å². The molecule has 1 aliphatic rings. The van der Waals surface area contributed by atoms with Crippen LogP contribution >= 0.6 is 0 Å². The standard InChI is InChI=1S/C20H14F3N5O4/c21-11-9-10(14(22)16(29)15(11)23)18-25-17(26-32-18)19(30)27-5-7-28(8-6-27)20-24-12-3-1-2-4-13(12)31-20/h1-4,9,29H,5-8H2. The topological polar surface area (TPSA) is 109 Å². The summed E-state index contributed by atoms with van der Waals surface area (Å²) in [6, 6.07) is 8.28. The molecule has 5 rings (SSSR count). The highest BCUT2D eigenvalue weighted by Gasteiger charge is 2.29. The normalized spacial score (nSPS) is 14.3. The van der Waals surface area contributed by atoms with Crippen molar-refractivity contribution in [1.82, 2.24) is 20.0 Å². The monoisotopic (exact) mass is 445 g/mol. The van der Waals surface area contributed by atoms with Crippen molar-refractivity contribution in [3.63, 3.8) is 0 Å². The van der Waals surface area contributed by atoms with Crippen LogP contribution in [0, 0.1) is 17.5 Å². The third-order valence-corrected chi connectivity index (χ3v) is 5.10. The molecular weight excluding hydrogens is 431 g/mol. The molecule has 12 heteroatoms. The number of para-hydroxylation sites is 2. The van der Waals surface area contributed by atoms with Crippen LogP contribution in [-0.4, -0.2) is 57.2 Å². The Hall–Kier alpha value is -4.09. The molecule has 0 saturated carbocycles. The summed E-state index contributed by atoms with van der Waals surface area (Å²) < 4.78 is 51.4. The number of nitrogens with zero attached hydrogens (tertiary/aromatic N) is 5. The summed E-state index contributed by atoms with van der Waals surface area (Å²) in [6.07, 6.45) is 0. The molecule has 4 aromatic rings. The van der Waals surface area contributed by atoms with Crippen LogP contribution in [0.3, 0.4) is 0 Å². The molecular formula is C20H14F3N5O4. The maximum absolute atomic E-state index is 14.1. The minimum atomic E-state index is -1.74. The van der Waals surface area contributed by atoms with Gasteiger partial charge >= 0.3 is 0 Å². The summed E-state index contributed by atoms with van der Waals surface area (Å²) >= 11 is 0. The predicted octanol–water partition coefficient (Wildman–Crippen LogP) is 2.96. The number of rotatable bonds is 3. The summed E-state index contributed by atoms with van der Waals surface area (Å²) in [7, 11) is 0. The second kappa shape index (κ2) is 7.55. The Morgan fingerprint density at radius 2 is 1.78 bits per heavy atom. The van der Waals surface area contributed by atoms with Gasteiger partial charge in [-0.25, -0.2) is 8.78 Å². The molecule has 3 heterocycles. The maximum Gasteiger partial charge on any atom is 0.298 e. The lowest BCUT2D eigenvalue weighted by Gasteiger charge is -2.33. The fourth-order valence-electron chi connectivity index (χ4n) is 3.40. The summed E-state index contributed by atoms with van der Waals surface area (Å²) in [5.41, 5.74) is 0.736. The van der Waals surface area contributed by atoms with Gasteiger partial charge in [0.2, 0.25) is 5.82 Å². The number of aromatic hydroxyl groups is 1. The average Bonchev–Trinajstić information content (AvgIpc) is 3.47. The van der Waals surface area contributed by atoms with Gasteiger partial charge in [0.15, 0.2) is 23.0 Å². The third kappa shape index (κ3) is 3.29. The quantitative estimate of drug-likeness (QED) is 0.480. The Balaban J connectivity index is 1.30. The minimum absolute atomic E-state index is 0.307. The molecule has 1 aliphatic heterocycles. The van der Waals surface area contributed by atoms with Gasteiger partial charge in [-0.3, -0.25) is 4.79 Å². The SMILES string of the molecule is O=C(c1noc(-c2cc(F)c(F)c(O)c2F)n1)N1CCN(c2nc3ccccc3o2)CC1. The van der Waals surface area contributed by atoms with E-state index in [1.807, 2.05) is 29.2 Å². The van der Waals surface area contributed by atoms with Crippen molar-refractivity contribution in [3.8, 4) is 17.2 Å². The Labute approximate surface area is 177 Å². The second-order valence-electron chi connectivity index (χ2n) is 7.05. The molecule has 2 aromatic carbocycles. The Bertz CT molecular complexity index is 1300. The number of carbonyl (C=O) groups excluding carboxylic acids is 1. The molecule has 2 aromatic heterocycles. The Morgan fingerprint density at radius 1 is 1.03 bits per heavy atom. The molecule has 1 N–H and O–H groups in total. The van der Waals surface area contributed by atoms with Crippen molar-refractivity contribution in [2.75, 3.05) is 31.1 Å². The zero-order chi connectivity index (χ0) is 22.4. The smallest absolute Gasteiger partial charge is 0.298 e. The predicted molar refractivity (Wildman–Crippen MR) is 103 cm³/mol. The lowest BCUT2D eigenvalue weighted by molar-refractivity contribution is 0.0729. The van der Waals surface area contributed by atoms with E-state index in [4.69, 9.17) is 8.94 Å². The van der Waals surface area contributed by atoms with Crippen LogP contribution in [0.2, 0.25) is 0 Å². The number of anilines is 1. The van der Waals surface area contributed by atoms with Crippen LogP contribution in [0.25, 0.3) is 22.6 Å². The maximum atomic E-state index is 14.1. The van der Waals surface area contributed by atoms with Crippen LogP contribution in [-0.2, 0) is 0 Å². The van der Waals surface area contributed by atoms with E-state index in [0.29, 0.717) is 43.8 Å². The molecule has 32 heavy (non-hydrogen) atoms. The lowest BCUT2D eigenvalue weighted by Crippen LogP contribution is -2.49. The Kier molecular flexibility index (Phi) is 4.68. The number of halogens is 3. The molecule has 0 spiro atoms. The minimum Gasteiger partial charge on any atom is -0.503 e. The van der Waals surface area contributed by atoms with Crippen LogP contribution in [0.4, 0.5) is 19.2 Å². The number of carbonyl (C=O) groups is 1. The van der Waals surface area contributed by atoms with Gasteiger partial charge in [-0.2, -0.15) is 14.4 Å². The first-order valence-corrected chi connectivity index (χ1v) is 9.52. The first kappa shape index (κ1) is 19.8. The summed E-state index contributed by atoms with van der Waals surface area (Å²) in [5.74, 6) is -7.74. The number of aromatic nitrogens is 3. The third-order valence-electron chi connectivity index (χ3n) is 5.10. The van der Waals surface area contributed by atoms with E-state index >= 15 is 0 Å². The molecule has 1 fully saturated rings. The number of hydrogen-bond acceptors (Lipinski definition) is 8. The number of fused-ring (bicyclic) bond motifs is 1. The largest absolute Gasteiger partial charge is 0.503 e. The number of amides is 1. The number of oxazole rings is 1. The average molecular weight is 445 g/mol. The van der Waals surface area contributed by atoms with Gasteiger partial charge in [0.05, 0.1) is 5.56 Å². The van der Waals surface area contributed by atoms with E-state index in [-0.39, 0.29) is 5.82 Å². The Morgan fingerprint density at radius 3 is 2.53 bits per heavy atom. The van der Waals surface area contributed by atoms with Gasteiger partial charge in [0.1, 0.15) is 5.52 Å². The summed E-state index contributed by atoms with van der Waals surface area (Å²) in [4.78, 5) is 24.3. The van der Waals surface area contributed by atoms with Crippen molar-refractivity contribution in [1.29, 1.82) is 0 Å². The molecule has 1 amide bonds. The van der Waals surface area contributed by atoms with E-state index < -0.39 is 40.6 Å². The van der Waals surface area contributed by atoms with Gasteiger partial charge in [-0.05, 0) is 18.2 Å². The van der Waals surface area contributed by atoms with E-state index in [1.54, 1.807) is 0 Å². The van der Waals surface area contributed by atoms with Gasteiger partial charge in [0, 0.05) is 26.2 Å². The van der Waals surface area contributed by atoms with Gasteiger partial charge in [-0.1, -0.05) is 17.3 Å². The first-order valence-electron chi connectivity index (χ1n) is 9.52. The fourth-order valence-corrected chi connectivity index (χ4v) is 3.40. The zero-order valence-electron chi connectivity index (χ0n) is 16.3. The highest BCUT2D eigenvalue weighted by atomic mass is 19.2. The number of piperazine rings is 1. The molecule has 0 aliphatic carbocycles. The lowest BCUT2D eigenvalue weighted by atomic mass is 10.2. The number of phenolic OH excluding ortho intramolecular Hbond substituents is 1. The molecule has 9 nitrogen and oxygen atoms in total. The molecule has 0 unspecified atom stereocenters. The van der Waals surface area contributed by atoms with E-state index in [0.717, 1.165) is 5.52 Å². The zero-order valence-corrected chi connectivity index (χ0v) is 16.3. The van der Waals surface area contributed by atoms with E-state index in [1.165, 1.54) is 4.90 Å². The highest BCUT2D eigenvalue weighted by Crippen LogP contribution is 2.32. The molecule has 0 bridgehead atoms. The van der Waals surface area contributed by atoms with Crippen LogP contribution in [0.15, 0.2) is 39.3 Å². The van der Waals surface area contributed by atoms with E-state index in [9.17, 15) is 23.1 Å². The number of benzene rings is 2. The van der Waals surface area contributed by atoms with Crippen molar-refractivity contribution < 1.29 is 32.0 Å². The fraction of sp³-hybridized carbons (Fsp3) is 0.200. The van der Waals surface area contributed by atoms with Crippen molar-refractivity contribution in [2.45, 2.75) is 0 Å². The van der Waals surface area contributed by atoms with E-state index in [2.05, 4.69) is 15.1 Å². The molecule has 164 valence electrons. The van der Waals surface area contributed by atoms with Crippen LogP contribution in [0.1, 0.15) is 10.6 Å². The number of phenols is 1. The van der Waals surface area contributed by atoms with Gasteiger partial charge < -0.3 is 23.8 Å². The van der Waals surface area contributed by atoms with Crippen molar-refractivity contribution in [2.24, 2.45) is 0 Å². The molecule has 1 saturated heterocycles. The first-order chi connectivity index (χ1) is 15.4. The second-order valence-corrected chi connectivity index (χ2v) is 7.05. The summed E-state index contributed by atoms with van der Waals surface area (Å²) in [5, 5.41) is 12.9. The van der Waals surface area contributed by atoms with Gasteiger partial charge in [-0.15, -0.1) is 0 Å². The van der Waals surface area contributed by atoms with Crippen molar-refractivity contribution in [3.05, 3.63) is 53.6 Å². The van der Waals surface area contributed by atoms with Crippen LogP contribution < -0.4 is 4.90 Å². The summed E-state index contributed by atoms with van der Waals surface area (Å²) in [6.45, 7) is 1.49. The molecule has 0 radical (unpaired) electrons. The molecule has 0 atom stereocenters. The highest BCUT2D eigenvalue weighted by molar-refractivity contribution is 5.91. The van der Waals surface area contributed by atoms with Crippen molar-refractivity contribution >= 4 is 23.0 Å². The van der Waals surface area contributed by atoms with Crippen LogP contribution in [0.5, 0.6) is 5.75 Å².